The molecule has 0 rings (SSSR count). The molecule has 0 aromatic rings. The van der Waals surface area contributed by atoms with Crippen molar-refractivity contribution in [3.05, 3.63) is 0 Å². The molecule has 0 aromatic carbocycles. The zero-order valence-electron chi connectivity index (χ0n) is 11.2. The Labute approximate surface area is 90.5 Å². The molecule has 0 amide bonds. The van der Waals surface area contributed by atoms with Crippen molar-refractivity contribution in [3.8, 4) is 11.8 Å². The van der Waals surface area contributed by atoms with Crippen LogP contribution in [-0.2, 0) is 0 Å². The Morgan fingerprint density at radius 2 is 1.29 bits per heavy atom. The molecule has 0 aliphatic heterocycles. The van der Waals surface area contributed by atoms with Gasteiger partial charge in [-0.15, -0.1) is 0 Å². The first-order chi connectivity index (χ1) is 6.08. The highest BCUT2D eigenvalue weighted by Crippen LogP contribution is 2.37. The van der Waals surface area contributed by atoms with Gasteiger partial charge in [-0.1, -0.05) is 53.4 Å². The van der Waals surface area contributed by atoms with E-state index < -0.39 is 0 Å². The zero-order chi connectivity index (χ0) is 11.6. The van der Waals surface area contributed by atoms with Crippen LogP contribution >= 0.6 is 0 Å². The zero-order valence-corrected chi connectivity index (χ0v) is 11.2. The van der Waals surface area contributed by atoms with E-state index in [1.54, 1.807) is 0 Å². The lowest BCUT2D eigenvalue weighted by molar-refractivity contribution is 0.204. The smallest absolute Gasteiger partial charge is 0.0306 e. The summed E-state index contributed by atoms with van der Waals surface area (Å²) in [6, 6.07) is 0. The van der Waals surface area contributed by atoms with Gasteiger partial charge in [0.15, 0.2) is 0 Å². The van der Waals surface area contributed by atoms with Crippen molar-refractivity contribution in [1.29, 1.82) is 0 Å². The number of hydrogen-bond donors (Lipinski definition) is 0. The third kappa shape index (κ3) is 3.74. The molecule has 0 radical (unpaired) electrons. The van der Waals surface area contributed by atoms with Gasteiger partial charge < -0.3 is 0 Å². The third-order valence-corrected chi connectivity index (χ3v) is 3.49. The Morgan fingerprint density at radius 1 is 0.857 bits per heavy atom. The van der Waals surface area contributed by atoms with E-state index in [-0.39, 0.29) is 10.8 Å². The normalized spacial score (nSPS) is 14.9. The molecule has 14 heavy (non-hydrogen) atoms. The highest BCUT2D eigenvalue weighted by atomic mass is 14.3. The van der Waals surface area contributed by atoms with Crippen LogP contribution in [0.25, 0.3) is 0 Å². The quantitative estimate of drug-likeness (QED) is 0.544. The lowest BCUT2D eigenvalue weighted by Gasteiger charge is -2.34. The van der Waals surface area contributed by atoms with Crippen LogP contribution in [0.5, 0.6) is 0 Å². The molecule has 0 aromatic heterocycles. The lowest BCUT2D eigenvalue weighted by Crippen LogP contribution is -2.28. The monoisotopic (exact) mass is 194 g/mol. The van der Waals surface area contributed by atoms with E-state index in [9.17, 15) is 0 Å². The van der Waals surface area contributed by atoms with Crippen LogP contribution in [0.4, 0.5) is 0 Å². The van der Waals surface area contributed by atoms with Crippen LogP contribution in [0.3, 0.4) is 0 Å². The van der Waals surface area contributed by atoms with E-state index in [1.165, 1.54) is 0 Å². The van der Waals surface area contributed by atoms with Crippen molar-refractivity contribution in [2.75, 3.05) is 0 Å². The van der Waals surface area contributed by atoms with Crippen molar-refractivity contribution in [2.24, 2.45) is 22.7 Å². The van der Waals surface area contributed by atoms with Gasteiger partial charge in [0.1, 0.15) is 0 Å². The molecule has 0 bridgehead atoms. The average molecular weight is 194 g/mol. The Kier molecular flexibility index (Phi) is 4.25. The third-order valence-electron chi connectivity index (χ3n) is 3.49. The lowest BCUT2D eigenvalue weighted by atomic mass is 9.69. The minimum Gasteiger partial charge on any atom is -0.0993 e. The summed E-state index contributed by atoms with van der Waals surface area (Å²) in [7, 11) is 0. The van der Waals surface area contributed by atoms with E-state index in [4.69, 9.17) is 0 Å². The van der Waals surface area contributed by atoms with Gasteiger partial charge in [-0.3, -0.25) is 0 Å². The van der Waals surface area contributed by atoms with Gasteiger partial charge >= 0.3 is 0 Å². The maximum absolute atomic E-state index is 3.43. The van der Waals surface area contributed by atoms with Gasteiger partial charge in [0.25, 0.3) is 0 Å². The van der Waals surface area contributed by atoms with Crippen molar-refractivity contribution in [2.45, 2.75) is 55.4 Å². The molecular formula is C14H26. The molecule has 0 nitrogen and oxygen atoms in total. The van der Waals surface area contributed by atoms with E-state index in [0.717, 1.165) is 0 Å². The van der Waals surface area contributed by atoms with Crippen molar-refractivity contribution in [1.82, 2.24) is 0 Å². The van der Waals surface area contributed by atoms with Crippen LogP contribution < -0.4 is 0 Å². The summed E-state index contributed by atoms with van der Waals surface area (Å²) >= 11 is 0. The van der Waals surface area contributed by atoms with Crippen molar-refractivity contribution in [3.63, 3.8) is 0 Å². The largest absolute Gasteiger partial charge is 0.0993 e. The Morgan fingerprint density at radius 3 is 1.57 bits per heavy atom. The standard InChI is InChI=1S/C14H26/c1-11(2)12(3)9-10-14(7,8)13(4,5)6/h11-12H,1-8H3. The summed E-state index contributed by atoms with van der Waals surface area (Å²) in [6.45, 7) is 17.9. The van der Waals surface area contributed by atoms with Gasteiger partial charge in [-0.05, 0) is 25.2 Å². The second kappa shape index (κ2) is 4.39. The summed E-state index contributed by atoms with van der Waals surface area (Å²) in [4.78, 5) is 0. The summed E-state index contributed by atoms with van der Waals surface area (Å²) in [5.41, 5.74) is 0.340. The molecule has 0 heterocycles. The second-order valence-electron chi connectivity index (χ2n) is 6.18. The van der Waals surface area contributed by atoms with E-state index in [2.05, 4.69) is 67.2 Å². The molecule has 82 valence electrons. The molecule has 1 atom stereocenters. The van der Waals surface area contributed by atoms with Crippen LogP contribution in [0.1, 0.15) is 55.4 Å². The number of rotatable bonds is 1. The highest BCUT2D eigenvalue weighted by Gasteiger charge is 2.30. The van der Waals surface area contributed by atoms with Crippen molar-refractivity contribution < 1.29 is 0 Å². The summed E-state index contributed by atoms with van der Waals surface area (Å²) < 4.78 is 0. The maximum atomic E-state index is 3.43. The fourth-order valence-electron chi connectivity index (χ4n) is 0.648. The van der Waals surface area contributed by atoms with Crippen LogP contribution in [0.2, 0.25) is 0 Å². The summed E-state index contributed by atoms with van der Waals surface area (Å²) in [6.07, 6.45) is 0. The fourth-order valence-corrected chi connectivity index (χ4v) is 0.648. The Hall–Kier alpha value is -0.440. The Bertz CT molecular complexity index is 227. The summed E-state index contributed by atoms with van der Waals surface area (Å²) in [5, 5.41) is 0. The minimum absolute atomic E-state index is 0.0934. The molecule has 0 saturated carbocycles. The topological polar surface area (TPSA) is 0 Å². The van der Waals surface area contributed by atoms with Gasteiger partial charge in [0.2, 0.25) is 0 Å². The molecule has 0 aliphatic carbocycles. The van der Waals surface area contributed by atoms with Gasteiger partial charge in [0, 0.05) is 11.3 Å². The predicted octanol–water partition coefficient (Wildman–Crippen LogP) is 4.35. The van der Waals surface area contributed by atoms with Crippen LogP contribution in [0, 0.1) is 34.5 Å². The highest BCUT2D eigenvalue weighted by molar-refractivity contribution is 5.14. The minimum atomic E-state index is 0.0934. The maximum Gasteiger partial charge on any atom is 0.0306 e. The van der Waals surface area contributed by atoms with E-state index in [0.29, 0.717) is 11.8 Å². The van der Waals surface area contributed by atoms with E-state index in [1.807, 2.05) is 0 Å². The average Bonchev–Trinajstić information content (AvgIpc) is 1.97. The van der Waals surface area contributed by atoms with Gasteiger partial charge in [0.05, 0.1) is 0 Å². The molecule has 0 aliphatic rings. The van der Waals surface area contributed by atoms with Gasteiger partial charge in [-0.25, -0.2) is 0 Å². The first-order valence-corrected chi connectivity index (χ1v) is 5.60. The van der Waals surface area contributed by atoms with Crippen LogP contribution in [0.15, 0.2) is 0 Å². The molecule has 0 N–H and O–H groups in total. The second-order valence-corrected chi connectivity index (χ2v) is 6.18. The molecule has 0 saturated heterocycles. The number of hydrogen-bond acceptors (Lipinski definition) is 0. The van der Waals surface area contributed by atoms with Crippen molar-refractivity contribution >= 4 is 0 Å². The summed E-state index contributed by atoms with van der Waals surface area (Å²) in [5.74, 6) is 7.96. The Balaban J connectivity index is 4.65. The first kappa shape index (κ1) is 13.6. The van der Waals surface area contributed by atoms with Crippen LogP contribution in [-0.4, -0.2) is 0 Å². The fraction of sp³-hybridized carbons (Fsp3) is 0.857. The molecular weight excluding hydrogens is 168 g/mol. The van der Waals surface area contributed by atoms with Gasteiger partial charge in [-0.2, -0.15) is 0 Å². The SMILES string of the molecule is CC(C)C(C)C#CC(C)(C)C(C)(C)C. The molecule has 0 fully saturated rings. The predicted molar refractivity (Wildman–Crippen MR) is 65.0 cm³/mol. The first-order valence-electron chi connectivity index (χ1n) is 5.60. The molecule has 1 unspecified atom stereocenters. The molecule has 0 heteroatoms. The van der Waals surface area contributed by atoms with E-state index >= 15 is 0 Å². The molecule has 0 spiro atoms.